The number of aliphatic hydroxyl groups is 1. The SMILES string of the molecule is OC1CCCCCC1Sc1nnc2n1CCCCC2. The van der Waals surface area contributed by atoms with Crippen LogP contribution in [0.25, 0.3) is 0 Å². The van der Waals surface area contributed by atoms with Gasteiger partial charge in [0.15, 0.2) is 5.16 Å². The van der Waals surface area contributed by atoms with Crippen molar-refractivity contribution in [2.75, 3.05) is 0 Å². The molecule has 0 amide bonds. The Morgan fingerprint density at radius 3 is 2.79 bits per heavy atom. The van der Waals surface area contributed by atoms with E-state index in [9.17, 15) is 5.11 Å². The fourth-order valence-corrected chi connectivity index (χ4v) is 4.33. The Labute approximate surface area is 119 Å². The van der Waals surface area contributed by atoms with Crippen molar-refractivity contribution in [3.63, 3.8) is 0 Å². The molecule has 5 heteroatoms. The molecule has 1 N–H and O–H groups in total. The monoisotopic (exact) mass is 281 g/mol. The van der Waals surface area contributed by atoms with E-state index in [1.54, 1.807) is 11.8 Å². The molecule has 2 heterocycles. The van der Waals surface area contributed by atoms with Crippen molar-refractivity contribution in [3.05, 3.63) is 5.82 Å². The van der Waals surface area contributed by atoms with Crippen LogP contribution in [0.2, 0.25) is 0 Å². The van der Waals surface area contributed by atoms with E-state index < -0.39 is 0 Å². The Morgan fingerprint density at radius 1 is 1.00 bits per heavy atom. The fourth-order valence-electron chi connectivity index (χ4n) is 3.07. The Balaban J connectivity index is 1.73. The normalized spacial score (nSPS) is 28.5. The van der Waals surface area contributed by atoms with E-state index in [2.05, 4.69) is 14.8 Å². The molecule has 4 nitrogen and oxygen atoms in total. The van der Waals surface area contributed by atoms with Crippen molar-refractivity contribution in [3.8, 4) is 0 Å². The number of aliphatic hydroxyl groups excluding tert-OH is 1. The third kappa shape index (κ3) is 3.14. The second-order valence-corrected chi connectivity index (χ2v) is 6.93. The molecule has 2 unspecified atom stereocenters. The van der Waals surface area contributed by atoms with E-state index in [1.807, 2.05) is 0 Å². The van der Waals surface area contributed by atoms with E-state index in [4.69, 9.17) is 0 Å². The number of rotatable bonds is 2. The second kappa shape index (κ2) is 6.27. The lowest BCUT2D eigenvalue weighted by atomic mass is 10.1. The molecule has 0 radical (unpaired) electrons. The molecule has 0 bridgehead atoms. The van der Waals surface area contributed by atoms with Gasteiger partial charge in [-0.2, -0.15) is 0 Å². The summed E-state index contributed by atoms with van der Waals surface area (Å²) in [5.41, 5.74) is 0. The van der Waals surface area contributed by atoms with Crippen LogP contribution in [0.3, 0.4) is 0 Å². The molecular formula is C14H23N3OS. The highest BCUT2D eigenvalue weighted by molar-refractivity contribution is 7.99. The molecule has 1 aromatic heterocycles. The number of hydrogen-bond donors (Lipinski definition) is 1. The van der Waals surface area contributed by atoms with Gasteiger partial charge in [0.25, 0.3) is 0 Å². The lowest BCUT2D eigenvalue weighted by Crippen LogP contribution is -2.22. The van der Waals surface area contributed by atoms with Gasteiger partial charge in [-0.1, -0.05) is 37.4 Å². The molecule has 0 aromatic carbocycles. The van der Waals surface area contributed by atoms with Gasteiger partial charge in [0.2, 0.25) is 0 Å². The predicted octanol–water partition coefficient (Wildman–Crippen LogP) is 2.79. The summed E-state index contributed by atoms with van der Waals surface area (Å²) >= 11 is 1.76. The van der Waals surface area contributed by atoms with Crippen LogP contribution in [-0.2, 0) is 13.0 Å². The maximum atomic E-state index is 10.2. The average molecular weight is 281 g/mol. The van der Waals surface area contributed by atoms with Crippen LogP contribution in [-0.4, -0.2) is 31.2 Å². The third-order valence-corrected chi connectivity index (χ3v) is 5.62. The lowest BCUT2D eigenvalue weighted by Gasteiger charge is -2.19. The molecule has 2 aliphatic rings. The molecule has 1 aliphatic carbocycles. The van der Waals surface area contributed by atoms with Crippen LogP contribution in [0.4, 0.5) is 0 Å². The van der Waals surface area contributed by atoms with Crippen LogP contribution in [0.5, 0.6) is 0 Å². The van der Waals surface area contributed by atoms with Gasteiger partial charge in [-0.3, -0.25) is 0 Å². The molecular weight excluding hydrogens is 258 g/mol. The number of hydrogen-bond acceptors (Lipinski definition) is 4. The minimum Gasteiger partial charge on any atom is -0.392 e. The summed E-state index contributed by atoms with van der Waals surface area (Å²) in [5, 5.41) is 20.3. The maximum absolute atomic E-state index is 10.2. The van der Waals surface area contributed by atoms with E-state index in [0.717, 1.165) is 43.2 Å². The zero-order valence-electron chi connectivity index (χ0n) is 11.4. The quantitative estimate of drug-likeness (QED) is 0.847. The summed E-state index contributed by atoms with van der Waals surface area (Å²) in [6.07, 6.45) is 10.3. The highest BCUT2D eigenvalue weighted by Crippen LogP contribution is 2.33. The Morgan fingerprint density at radius 2 is 1.84 bits per heavy atom. The van der Waals surface area contributed by atoms with Crippen molar-refractivity contribution < 1.29 is 5.11 Å². The first-order valence-electron chi connectivity index (χ1n) is 7.61. The van der Waals surface area contributed by atoms with Gasteiger partial charge in [0.05, 0.1) is 6.10 Å². The van der Waals surface area contributed by atoms with Gasteiger partial charge in [-0.05, 0) is 25.7 Å². The first-order chi connectivity index (χ1) is 9.34. The molecule has 1 aromatic rings. The zero-order chi connectivity index (χ0) is 13.1. The van der Waals surface area contributed by atoms with Crippen LogP contribution in [0.1, 0.15) is 57.2 Å². The summed E-state index contributed by atoms with van der Waals surface area (Å²) < 4.78 is 2.29. The summed E-state index contributed by atoms with van der Waals surface area (Å²) in [5.74, 6) is 1.14. The number of aromatic nitrogens is 3. The van der Waals surface area contributed by atoms with Crippen molar-refractivity contribution in [2.45, 2.75) is 80.8 Å². The Bertz CT molecular complexity index is 421. The van der Waals surface area contributed by atoms with E-state index in [1.165, 1.54) is 32.1 Å². The summed E-state index contributed by atoms with van der Waals surface area (Å²) in [6.45, 7) is 1.05. The molecule has 1 aliphatic heterocycles. The Kier molecular flexibility index (Phi) is 4.43. The highest BCUT2D eigenvalue weighted by Gasteiger charge is 2.25. The van der Waals surface area contributed by atoms with Gasteiger partial charge in [0.1, 0.15) is 5.82 Å². The van der Waals surface area contributed by atoms with Crippen molar-refractivity contribution in [1.82, 2.24) is 14.8 Å². The van der Waals surface area contributed by atoms with Gasteiger partial charge in [0, 0.05) is 18.2 Å². The molecule has 1 fully saturated rings. The largest absolute Gasteiger partial charge is 0.392 e. The van der Waals surface area contributed by atoms with Crippen molar-refractivity contribution in [1.29, 1.82) is 0 Å². The average Bonchev–Trinajstić information content (AvgIpc) is 2.60. The molecule has 0 saturated heterocycles. The first-order valence-corrected chi connectivity index (χ1v) is 8.49. The second-order valence-electron chi connectivity index (χ2n) is 5.72. The molecule has 0 spiro atoms. The van der Waals surface area contributed by atoms with Crippen LogP contribution in [0, 0.1) is 0 Å². The van der Waals surface area contributed by atoms with E-state index >= 15 is 0 Å². The molecule has 2 atom stereocenters. The summed E-state index contributed by atoms with van der Waals surface area (Å²) in [4.78, 5) is 0. The minimum atomic E-state index is -0.175. The summed E-state index contributed by atoms with van der Waals surface area (Å²) in [6, 6.07) is 0. The van der Waals surface area contributed by atoms with Gasteiger partial charge in [-0.15, -0.1) is 10.2 Å². The fraction of sp³-hybridized carbons (Fsp3) is 0.857. The number of aryl methyl sites for hydroxylation is 1. The number of thioether (sulfide) groups is 1. The van der Waals surface area contributed by atoms with Crippen LogP contribution in [0.15, 0.2) is 5.16 Å². The summed E-state index contributed by atoms with van der Waals surface area (Å²) in [7, 11) is 0. The standard InChI is InChI=1S/C14H23N3OS/c18-11-7-3-1-4-8-12(11)19-14-16-15-13-9-5-2-6-10-17(13)14/h11-12,18H,1-10H2. The van der Waals surface area contributed by atoms with Crippen LogP contribution < -0.4 is 0 Å². The van der Waals surface area contributed by atoms with Crippen LogP contribution >= 0.6 is 11.8 Å². The third-order valence-electron chi connectivity index (χ3n) is 4.25. The van der Waals surface area contributed by atoms with Crippen molar-refractivity contribution >= 4 is 11.8 Å². The molecule has 1 saturated carbocycles. The number of fused-ring (bicyclic) bond motifs is 1. The number of nitrogens with zero attached hydrogens (tertiary/aromatic N) is 3. The minimum absolute atomic E-state index is 0.175. The molecule has 3 rings (SSSR count). The van der Waals surface area contributed by atoms with E-state index in [-0.39, 0.29) is 6.10 Å². The molecule has 19 heavy (non-hydrogen) atoms. The predicted molar refractivity (Wildman–Crippen MR) is 76.3 cm³/mol. The maximum Gasteiger partial charge on any atom is 0.191 e. The zero-order valence-corrected chi connectivity index (χ0v) is 12.2. The van der Waals surface area contributed by atoms with Gasteiger partial charge < -0.3 is 9.67 Å². The lowest BCUT2D eigenvalue weighted by molar-refractivity contribution is 0.163. The van der Waals surface area contributed by atoms with Gasteiger partial charge >= 0.3 is 0 Å². The smallest absolute Gasteiger partial charge is 0.191 e. The first kappa shape index (κ1) is 13.4. The highest BCUT2D eigenvalue weighted by atomic mass is 32.2. The van der Waals surface area contributed by atoms with E-state index in [0.29, 0.717) is 5.25 Å². The van der Waals surface area contributed by atoms with Gasteiger partial charge in [-0.25, -0.2) is 0 Å². The van der Waals surface area contributed by atoms with Crippen molar-refractivity contribution in [2.24, 2.45) is 0 Å². The topological polar surface area (TPSA) is 50.9 Å². The Hall–Kier alpha value is -0.550. The molecule has 106 valence electrons.